The summed E-state index contributed by atoms with van der Waals surface area (Å²) in [6.45, 7) is 0. The predicted octanol–water partition coefficient (Wildman–Crippen LogP) is 4.84. The molecule has 2 aromatic heterocycles. The maximum absolute atomic E-state index is 13.1. The molecule has 0 saturated carbocycles. The monoisotopic (exact) mass is 365 g/mol. The van der Waals surface area contributed by atoms with Crippen molar-refractivity contribution < 1.29 is 9.13 Å². The Morgan fingerprint density at radius 2 is 1.92 bits per heavy atom. The van der Waals surface area contributed by atoms with Gasteiger partial charge >= 0.3 is 0 Å². The van der Waals surface area contributed by atoms with Crippen LogP contribution < -0.4 is 4.74 Å². The van der Waals surface area contributed by atoms with Gasteiger partial charge in [0.25, 0.3) is 0 Å². The summed E-state index contributed by atoms with van der Waals surface area (Å²) in [4.78, 5) is 4.55. The first-order valence-electron chi connectivity index (χ1n) is 8.09. The van der Waals surface area contributed by atoms with E-state index in [0.717, 1.165) is 33.4 Å². The van der Waals surface area contributed by atoms with Crippen molar-refractivity contribution in [1.29, 1.82) is 0 Å². The molecule has 26 heavy (non-hydrogen) atoms. The minimum absolute atomic E-state index is 0.258. The third kappa shape index (κ3) is 3.55. The number of ether oxygens (including phenoxy) is 1. The summed E-state index contributed by atoms with van der Waals surface area (Å²) < 4.78 is 20.1. The van der Waals surface area contributed by atoms with Crippen LogP contribution in [0.4, 0.5) is 4.39 Å². The molecule has 0 saturated heterocycles. The number of halogens is 1. The zero-order valence-electron chi connectivity index (χ0n) is 14.1. The first kappa shape index (κ1) is 16.6. The van der Waals surface area contributed by atoms with Crippen molar-refractivity contribution in [3.05, 3.63) is 78.2 Å². The van der Waals surface area contributed by atoms with Gasteiger partial charge in [-0.1, -0.05) is 23.9 Å². The highest BCUT2D eigenvalue weighted by molar-refractivity contribution is 7.98. The molecule has 0 N–H and O–H groups in total. The van der Waals surface area contributed by atoms with E-state index in [-0.39, 0.29) is 5.82 Å². The number of hydrogen-bond acceptors (Lipinski definition) is 4. The van der Waals surface area contributed by atoms with Crippen molar-refractivity contribution in [1.82, 2.24) is 14.6 Å². The Kier molecular flexibility index (Phi) is 4.58. The highest BCUT2D eigenvalue weighted by Crippen LogP contribution is 2.24. The van der Waals surface area contributed by atoms with Crippen LogP contribution in [-0.2, 0) is 5.75 Å². The SMILES string of the molecule is COc1cccc(CSc2ccc3nc(-c4ccc(F)cc4)cn3n2)c1. The molecule has 0 unspecified atom stereocenters. The lowest BCUT2D eigenvalue weighted by molar-refractivity contribution is 0.414. The second-order valence-corrected chi connectivity index (χ2v) is 6.74. The van der Waals surface area contributed by atoms with Crippen molar-refractivity contribution in [2.24, 2.45) is 0 Å². The van der Waals surface area contributed by atoms with E-state index in [1.807, 2.05) is 36.5 Å². The summed E-state index contributed by atoms with van der Waals surface area (Å²) >= 11 is 1.65. The maximum atomic E-state index is 13.1. The van der Waals surface area contributed by atoms with Gasteiger partial charge in [-0.2, -0.15) is 5.10 Å². The zero-order valence-corrected chi connectivity index (χ0v) is 14.9. The third-order valence-electron chi connectivity index (χ3n) is 3.96. The van der Waals surface area contributed by atoms with Crippen molar-refractivity contribution in [3.63, 3.8) is 0 Å². The lowest BCUT2D eigenvalue weighted by Gasteiger charge is -2.04. The highest BCUT2D eigenvalue weighted by atomic mass is 32.2. The molecule has 0 atom stereocenters. The molecule has 0 aliphatic rings. The van der Waals surface area contributed by atoms with Crippen LogP contribution in [0.5, 0.6) is 5.75 Å². The van der Waals surface area contributed by atoms with Crippen molar-refractivity contribution in [2.75, 3.05) is 7.11 Å². The molecule has 130 valence electrons. The van der Waals surface area contributed by atoms with Gasteiger partial charge in [-0.05, 0) is 54.1 Å². The minimum Gasteiger partial charge on any atom is -0.497 e. The summed E-state index contributed by atoms with van der Waals surface area (Å²) in [6, 6.07) is 18.2. The Bertz CT molecular complexity index is 1050. The Labute approximate surface area is 154 Å². The second kappa shape index (κ2) is 7.17. The Hall–Kier alpha value is -2.86. The predicted molar refractivity (Wildman–Crippen MR) is 101 cm³/mol. The summed E-state index contributed by atoms with van der Waals surface area (Å²) in [7, 11) is 1.67. The number of imidazole rings is 1. The molecule has 0 aliphatic carbocycles. The normalized spacial score (nSPS) is 11.0. The van der Waals surface area contributed by atoms with Crippen molar-refractivity contribution >= 4 is 17.4 Å². The molecule has 4 aromatic rings. The van der Waals surface area contributed by atoms with Crippen LogP contribution in [0, 0.1) is 5.82 Å². The Morgan fingerprint density at radius 3 is 2.73 bits per heavy atom. The van der Waals surface area contributed by atoms with Crippen LogP contribution in [-0.4, -0.2) is 21.7 Å². The second-order valence-electron chi connectivity index (χ2n) is 5.75. The number of fused-ring (bicyclic) bond motifs is 1. The minimum atomic E-state index is -0.258. The average molecular weight is 365 g/mol. The highest BCUT2D eigenvalue weighted by Gasteiger charge is 2.07. The van der Waals surface area contributed by atoms with Gasteiger partial charge in [0, 0.05) is 11.3 Å². The third-order valence-corrected chi connectivity index (χ3v) is 4.95. The largest absolute Gasteiger partial charge is 0.497 e. The number of benzene rings is 2. The standard InChI is InChI=1S/C20H16FN3OS/c1-25-17-4-2-3-14(11-17)13-26-20-10-9-19-22-18(12-24(19)23-20)15-5-7-16(21)8-6-15/h2-12H,13H2,1H3. The maximum Gasteiger partial charge on any atom is 0.154 e. The average Bonchev–Trinajstić information content (AvgIpc) is 3.10. The van der Waals surface area contributed by atoms with Gasteiger partial charge in [0.2, 0.25) is 0 Å². The zero-order chi connectivity index (χ0) is 17.9. The van der Waals surface area contributed by atoms with Crippen molar-refractivity contribution in [2.45, 2.75) is 10.8 Å². The molecule has 6 heteroatoms. The van der Waals surface area contributed by atoms with Crippen LogP contribution in [0.15, 0.2) is 71.9 Å². The van der Waals surface area contributed by atoms with Crippen LogP contribution in [0.3, 0.4) is 0 Å². The van der Waals surface area contributed by atoms with Gasteiger partial charge in [-0.3, -0.25) is 0 Å². The van der Waals surface area contributed by atoms with Gasteiger partial charge in [0.05, 0.1) is 19.0 Å². The number of aromatic nitrogens is 3. The quantitative estimate of drug-likeness (QED) is 0.475. The van der Waals surface area contributed by atoms with E-state index < -0.39 is 0 Å². The molecule has 2 aromatic carbocycles. The molecular formula is C20H16FN3OS. The van der Waals surface area contributed by atoms with Gasteiger partial charge < -0.3 is 4.74 Å². The van der Waals surface area contributed by atoms with Crippen LogP contribution in [0.25, 0.3) is 16.9 Å². The van der Waals surface area contributed by atoms with Crippen LogP contribution >= 0.6 is 11.8 Å². The summed E-state index contributed by atoms with van der Waals surface area (Å²) in [6.07, 6.45) is 1.86. The number of rotatable bonds is 5. The molecule has 0 aliphatic heterocycles. The molecule has 2 heterocycles. The fourth-order valence-electron chi connectivity index (χ4n) is 2.62. The van der Waals surface area contributed by atoms with E-state index in [2.05, 4.69) is 16.1 Å². The number of methoxy groups -OCH3 is 1. The van der Waals surface area contributed by atoms with Gasteiger partial charge in [0.15, 0.2) is 5.65 Å². The molecule has 4 rings (SSSR count). The molecule has 0 bridgehead atoms. The molecular weight excluding hydrogens is 349 g/mol. The molecule has 0 spiro atoms. The Morgan fingerprint density at radius 1 is 1.08 bits per heavy atom. The van der Waals surface area contributed by atoms with E-state index in [4.69, 9.17) is 4.74 Å². The number of thioether (sulfide) groups is 1. The van der Waals surface area contributed by atoms with E-state index in [0.29, 0.717) is 0 Å². The van der Waals surface area contributed by atoms with E-state index in [1.165, 1.54) is 17.7 Å². The van der Waals surface area contributed by atoms with Gasteiger partial charge in [-0.25, -0.2) is 13.9 Å². The summed E-state index contributed by atoms with van der Waals surface area (Å²) in [5.41, 5.74) is 3.57. The van der Waals surface area contributed by atoms with E-state index >= 15 is 0 Å². The Balaban J connectivity index is 1.54. The molecule has 0 amide bonds. The first-order valence-corrected chi connectivity index (χ1v) is 9.08. The van der Waals surface area contributed by atoms with Gasteiger partial charge in [0.1, 0.15) is 16.6 Å². The van der Waals surface area contributed by atoms with E-state index in [1.54, 1.807) is 35.5 Å². The van der Waals surface area contributed by atoms with Crippen LogP contribution in [0.2, 0.25) is 0 Å². The van der Waals surface area contributed by atoms with E-state index in [9.17, 15) is 4.39 Å². The topological polar surface area (TPSA) is 39.4 Å². The summed E-state index contributed by atoms with van der Waals surface area (Å²) in [5, 5.41) is 5.51. The smallest absolute Gasteiger partial charge is 0.154 e. The summed E-state index contributed by atoms with van der Waals surface area (Å²) in [5.74, 6) is 1.40. The fraction of sp³-hybridized carbons (Fsp3) is 0.100. The number of hydrogen-bond donors (Lipinski definition) is 0. The molecule has 0 radical (unpaired) electrons. The fourth-order valence-corrected chi connectivity index (χ4v) is 3.42. The lowest BCUT2D eigenvalue weighted by atomic mass is 10.2. The van der Waals surface area contributed by atoms with Crippen molar-refractivity contribution in [3.8, 4) is 17.0 Å². The number of nitrogens with zero attached hydrogens (tertiary/aromatic N) is 3. The molecule has 4 nitrogen and oxygen atoms in total. The van der Waals surface area contributed by atoms with Gasteiger partial charge in [-0.15, -0.1) is 0 Å². The lowest BCUT2D eigenvalue weighted by Crippen LogP contribution is -1.92. The molecule has 0 fully saturated rings. The van der Waals surface area contributed by atoms with Crippen LogP contribution in [0.1, 0.15) is 5.56 Å². The first-order chi connectivity index (χ1) is 12.7.